The van der Waals surface area contributed by atoms with Crippen LogP contribution >= 0.6 is 0 Å². The van der Waals surface area contributed by atoms with Crippen LogP contribution in [0, 0.1) is 5.82 Å². The van der Waals surface area contributed by atoms with E-state index in [9.17, 15) is 9.50 Å². The van der Waals surface area contributed by atoms with Crippen molar-refractivity contribution in [2.45, 2.75) is 31.9 Å². The molecule has 1 fully saturated rings. The second-order valence-electron chi connectivity index (χ2n) is 6.95. The Morgan fingerprint density at radius 3 is 2.89 bits per heavy atom. The number of guanidine groups is 1. The summed E-state index contributed by atoms with van der Waals surface area (Å²) < 4.78 is 14.0. The van der Waals surface area contributed by atoms with Gasteiger partial charge in [-0.2, -0.15) is 0 Å². The van der Waals surface area contributed by atoms with Crippen LogP contribution in [-0.2, 0) is 6.42 Å². The van der Waals surface area contributed by atoms with Gasteiger partial charge >= 0.3 is 0 Å². The van der Waals surface area contributed by atoms with Crippen molar-refractivity contribution in [2.24, 2.45) is 4.99 Å². The molecule has 2 heterocycles. The van der Waals surface area contributed by atoms with Gasteiger partial charge in [-0.25, -0.2) is 9.37 Å². The zero-order chi connectivity index (χ0) is 19.8. The summed E-state index contributed by atoms with van der Waals surface area (Å²) in [7, 11) is 0. The van der Waals surface area contributed by atoms with Gasteiger partial charge in [0.25, 0.3) is 0 Å². The maximum Gasteiger partial charge on any atom is 0.191 e. The maximum absolute atomic E-state index is 14.0. The monoisotopic (exact) mass is 385 g/mol. The molecule has 0 amide bonds. The van der Waals surface area contributed by atoms with Crippen molar-refractivity contribution in [3.8, 4) is 0 Å². The molecule has 1 aromatic heterocycles. The number of aromatic nitrogens is 1. The summed E-state index contributed by atoms with van der Waals surface area (Å²) in [5.74, 6) is 0.766. The number of nitrogens with one attached hydrogen (secondary N) is 2. The highest BCUT2D eigenvalue weighted by molar-refractivity contribution is 5.80. The summed E-state index contributed by atoms with van der Waals surface area (Å²) in [6.07, 6.45) is 2.51. The summed E-state index contributed by atoms with van der Waals surface area (Å²) >= 11 is 0. The Morgan fingerprint density at radius 2 is 2.14 bits per heavy atom. The van der Waals surface area contributed by atoms with Gasteiger partial charge in [0, 0.05) is 38.3 Å². The third kappa shape index (κ3) is 5.66. The zero-order valence-electron chi connectivity index (χ0n) is 16.2. The number of hydrogen-bond donors (Lipinski definition) is 3. The predicted octanol–water partition coefficient (Wildman–Crippen LogP) is 1.96. The second kappa shape index (κ2) is 10.0. The van der Waals surface area contributed by atoms with Crippen molar-refractivity contribution in [1.29, 1.82) is 0 Å². The lowest BCUT2D eigenvalue weighted by molar-refractivity contribution is 0.183. The Labute approximate surface area is 165 Å². The van der Waals surface area contributed by atoms with Gasteiger partial charge < -0.3 is 20.6 Å². The molecule has 6 nitrogen and oxygen atoms in total. The summed E-state index contributed by atoms with van der Waals surface area (Å²) in [6.45, 7) is 4.44. The predicted molar refractivity (Wildman–Crippen MR) is 110 cm³/mol. The maximum atomic E-state index is 14.0. The smallest absolute Gasteiger partial charge is 0.191 e. The minimum absolute atomic E-state index is 0.144. The van der Waals surface area contributed by atoms with Crippen molar-refractivity contribution in [3.63, 3.8) is 0 Å². The number of anilines is 1. The standard InChI is InChI=1S/C21H28FN5O/c1-2-23-21(25-14-18(28)13-16-7-4-3-5-8-16)26-17-10-12-27(15-17)20-19(22)9-6-11-24-20/h3-9,11,17-18,28H,2,10,12-15H2,1H3,(H2,23,25,26). The molecule has 1 aromatic carbocycles. The molecule has 0 bridgehead atoms. The molecule has 1 aliphatic rings. The van der Waals surface area contributed by atoms with E-state index in [4.69, 9.17) is 0 Å². The first kappa shape index (κ1) is 20.1. The fourth-order valence-electron chi connectivity index (χ4n) is 3.34. The van der Waals surface area contributed by atoms with E-state index in [1.807, 2.05) is 42.2 Å². The number of pyridine rings is 1. The minimum Gasteiger partial charge on any atom is -0.391 e. The lowest BCUT2D eigenvalue weighted by Crippen LogP contribution is -2.45. The summed E-state index contributed by atoms with van der Waals surface area (Å²) in [5.41, 5.74) is 1.09. The van der Waals surface area contributed by atoms with Gasteiger partial charge in [0.15, 0.2) is 17.6 Å². The van der Waals surface area contributed by atoms with E-state index in [0.29, 0.717) is 31.3 Å². The average molecular weight is 385 g/mol. The van der Waals surface area contributed by atoms with Gasteiger partial charge in [0.05, 0.1) is 12.6 Å². The second-order valence-corrected chi connectivity index (χ2v) is 6.95. The van der Waals surface area contributed by atoms with Crippen molar-refractivity contribution in [2.75, 3.05) is 31.1 Å². The number of benzene rings is 1. The highest BCUT2D eigenvalue weighted by Gasteiger charge is 2.26. The Balaban J connectivity index is 1.54. The molecule has 0 aliphatic carbocycles. The highest BCUT2D eigenvalue weighted by atomic mass is 19.1. The van der Waals surface area contributed by atoms with E-state index in [1.165, 1.54) is 6.07 Å². The van der Waals surface area contributed by atoms with Crippen LogP contribution in [0.25, 0.3) is 0 Å². The molecule has 3 rings (SSSR count). The molecule has 7 heteroatoms. The van der Waals surface area contributed by atoms with Crippen LogP contribution < -0.4 is 15.5 Å². The van der Waals surface area contributed by atoms with Gasteiger partial charge in [-0.15, -0.1) is 0 Å². The van der Waals surface area contributed by atoms with Crippen molar-refractivity contribution < 1.29 is 9.50 Å². The number of rotatable bonds is 7. The van der Waals surface area contributed by atoms with E-state index in [2.05, 4.69) is 20.6 Å². The topological polar surface area (TPSA) is 72.8 Å². The summed E-state index contributed by atoms with van der Waals surface area (Å²) in [5, 5.41) is 16.9. The van der Waals surface area contributed by atoms with Crippen LogP contribution in [0.3, 0.4) is 0 Å². The van der Waals surface area contributed by atoms with E-state index in [0.717, 1.165) is 25.1 Å². The van der Waals surface area contributed by atoms with E-state index >= 15 is 0 Å². The largest absolute Gasteiger partial charge is 0.391 e. The zero-order valence-corrected chi connectivity index (χ0v) is 16.2. The molecule has 0 radical (unpaired) electrons. The lowest BCUT2D eigenvalue weighted by Gasteiger charge is -2.20. The molecule has 0 saturated carbocycles. The van der Waals surface area contributed by atoms with Gasteiger partial charge in [-0.1, -0.05) is 30.3 Å². The third-order valence-corrected chi connectivity index (χ3v) is 4.69. The number of nitrogens with zero attached hydrogens (tertiary/aromatic N) is 3. The molecular weight excluding hydrogens is 357 g/mol. The minimum atomic E-state index is -0.541. The van der Waals surface area contributed by atoms with Crippen LogP contribution in [0.1, 0.15) is 18.9 Å². The van der Waals surface area contributed by atoms with E-state index in [1.54, 1.807) is 12.3 Å². The Kier molecular flexibility index (Phi) is 7.19. The average Bonchev–Trinajstić information content (AvgIpc) is 3.16. The Morgan fingerprint density at radius 1 is 1.32 bits per heavy atom. The van der Waals surface area contributed by atoms with Crippen LogP contribution in [-0.4, -0.2) is 54.4 Å². The van der Waals surface area contributed by atoms with Crippen molar-refractivity contribution in [3.05, 3.63) is 60.0 Å². The molecule has 1 saturated heterocycles. The Bertz CT molecular complexity index is 770. The molecule has 150 valence electrons. The molecule has 2 aromatic rings. The molecule has 28 heavy (non-hydrogen) atoms. The number of aliphatic imine (C=N–C) groups is 1. The summed E-state index contributed by atoms with van der Waals surface area (Å²) in [6, 6.07) is 13.1. The molecule has 0 spiro atoms. The van der Waals surface area contributed by atoms with Gasteiger partial charge in [0.2, 0.25) is 0 Å². The molecule has 2 unspecified atom stereocenters. The van der Waals surface area contributed by atoms with Crippen LogP contribution in [0.4, 0.5) is 10.2 Å². The quantitative estimate of drug-likeness (QED) is 0.502. The first-order valence-corrected chi connectivity index (χ1v) is 9.78. The fraction of sp³-hybridized carbons (Fsp3) is 0.429. The van der Waals surface area contributed by atoms with Crippen LogP contribution in [0.15, 0.2) is 53.7 Å². The van der Waals surface area contributed by atoms with Gasteiger partial charge in [0.1, 0.15) is 0 Å². The fourth-order valence-corrected chi connectivity index (χ4v) is 3.34. The first-order valence-electron chi connectivity index (χ1n) is 9.78. The molecular formula is C21H28FN5O. The van der Waals surface area contributed by atoms with Gasteiger partial charge in [-0.05, 0) is 31.0 Å². The first-order chi connectivity index (χ1) is 13.7. The van der Waals surface area contributed by atoms with Gasteiger partial charge in [-0.3, -0.25) is 4.99 Å². The molecule has 2 atom stereocenters. The number of hydrogen-bond acceptors (Lipinski definition) is 4. The number of aliphatic hydroxyl groups is 1. The summed E-state index contributed by atoms with van der Waals surface area (Å²) in [4.78, 5) is 10.6. The Hall–Kier alpha value is -2.67. The number of aliphatic hydroxyl groups excluding tert-OH is 1. The SMILES string of the molecule is CCNC(=NCC(O)Cc1ccccc1)NC1CCN(c2ncccc2F)C1. The van der Waals surface area contributed by atoms with Crippen LogP contribution in [0.5, 0.6) is 0 Å². The van der Waals surface area contributed by atoms with Crippen molar-refractivity contribution >= 4 is 11.8 Å². The highest BCUT2D eigenvalue weighted by Crippen LogP contribution is 2.20. The molecule has 1 aliphatic heterocycles. The third-order valence-electron chi connectivity index (χ3n) is 4.69. The van der Waals surface area contributed by atoms with E-state index in [-0.39, 0.29) is 11.9 Å². The molecule has 3 N–H and O–H groups in total. The lowest BCUT2D eigenvalue weighted by atomic mass is 10.1. The van der Waals surface area contributed by atoms with Crippen LogP contribution in [0.2, 0.25) is 0 Å². The number of halogens is 1. The normalized spacial score (nSPS) is 18.2. The van der Waals surface area contributed by atoms with Crippen molar-refractivity contribution in [1.82, 2.24) is 15.6 Å². The van der Waals surface area contributed by atoms with E-state index < -0.39 is 6.10 Å².